The number of phosphoric acid groups is 1. The van der Waals surface area contributed by atoms with Gasteiger partial charge in [-0.3, -0.25) is 14.2 Å². The summed E-state index contributed by atoms with van der Waals surface area (Å²) < 4.78 is 30.4. The first-order chi connectivity index (χ1) is 41.4. The monoisotopic (exact) mass is 1210 g/mol. The van der Waals surface area contributed by atoms with Crippen molar-refractivity contribution in [1.29, 1.82) is 0 Å². The highest BCUT2D eigenvalue weighted by atomic mass is 31.2. The van der Waals surface area contributed by atoms with Crippen LogP contribution < -0.4 is 10.2 Å². The van der Waals surface area contributed by atoms with E-state index in [-0.39, 0.29) is 31.3 Å². The molecule has 0 aliphatic carbocycles. The average molecular weight is 1210 g/mol. The Labute approximate surface area is 526 Å². The number of allylic oxidation sites excluding steroid dienone is 15. The summed E-state index contributed by atoms with van der Waals surface area (Å²) in [6, 6.07) is -0.934. The number of carbonyl (C=O) groups is 2. The van der Waals surface area contributed by atoms with Crippen molar-refractivity contribution in [2.45, 2.75) is 328 Å². The number of ether oxygens (including phenoxy) is 1. The predicted octanol–water partition coefficient (Wildman–Crippen LogP) is 22.0. The molecule has 9 nitrogen and oxygen atoms in total. The number of likely N-dealkylation sites (N-methyl/N-ethyl adjacent to an activating group) is 1. The number of rotatable bonds is 64. The zero-order chi connectivity index (χ0) is 62.1. The van der Waals surface area contributed by atoms with Gasteiger partial charge >= 0.3 is 5.97 Å². The van der Waals surface area contributed by atoms with Gasteiger partial charge in [0.15, 0.2) is 0 Å². The first kappa shape index (κ1) is 81.9. The van der Waals surface area contributed by atoms with E-state index in [4.69, 9.17) is 13.8 Å². The van der Waals surface area contributed by atoms with Gasteiger partial charge in [-0.05, 0) is 96.0 Å². The van der Waals surface area contributed by atoms with Gasteiger partial charge in [0, 0.05) is 12.8 Å². The Morgan fingerprint density at radius 3 is 1.15 bits per heavy atom. The fraction of sp³-hybridized carbons (Fsp3) is 0.760. The maximum atomic E-state index is 13.5. The lowest BCUT2D eigenvalue weighted by molar-refractivity contribution is -0.870. The fourth-order valence-corrected chi connectivity index (χ4v) is 10.8. The number of amides is 1. The number of nitrogens with zero attached hydrogens (tertiary/aromatic N) is 1. The highest BCUT2D eigenvalue weighted by molar-refractivity contribution is 7.45. The van der Waals surface area contributed by atoms with Crippen molar-refractivity contribution in [3.8, 4) is 0 Å². The Kier molecular flexibility index (Phi) is 61.6. The van der Waals surface area contributed by atoms with Crippen molar-refractivity contribution in [3.05, 3.63) is 97.2 Å². The third kappa shape index (κ3) is 65.2. The Bertz CT molecular complexity index is 1780. The largest absolute Gasteiger partial charge is 0.756 e. The van der Waals surface area contributed by atoms with Crippen LogP contribution in [0.2, 0.25) is 0 Å². The van der Waals surface area contributed by atoms with Gasteiger partial charge in [0.05, 0.1) is 33.8 Å². The molecular weight excluding hydrogens is 1070 g/mol. The van der Waals surface area contributed by atoms with Crippen molar-refractivity contribution in [1.82, 2.24) is 5.32 Å². The molecule has 85 heavy (non-hydrogen) atoms. The van der Waals surface area contributed by atoms with Crippen LogP contribution in [0.3, 0.4) is 0 Å². The van der Waals surface area contributed by atoms with Gasteiger partial charge < -0.3 is 28.5 Å². The number of unbranched alkanes of at least 4 members (excludes halogenated alkanes) is 34. The lowest BCUT2D eigenvalue weighted by Gasteiger charge is -2.30. The van der Waals surface area contributed by atoms with E-state index < -0.39 is 26.6 Å². The summed E-state index contributed by atoms with van der Waals surface area (Å²) in [5, 5.41) is 2.99. The van der Waals surface area contributed by atoms with Crippen molar-refractivity contribution in [2.75, 3.05) is 40.9 Å². The first-order valence-electron chi connectivity index (χ1n) is 35.5. The summed E-state index contributed by atoms with van der Waals surface area (Å²) in [5.41, 5.74) is 0. The molecule has 1 amide bonds. The van der Waals surface area contributed by atoms with Crippen LogP contribution in [0.4, 0.5) is 0 Å². The van der Waals surface area contributed by atoms with Crippen molar-refractivity contribution in [2.24, 2.45) is 0 Å². The smallest absolute Gasteiger partial charge is 0.306 e. The van der Waals surface area contributed by atoms with Crippen LogP contribution >= 0.6 is 7.82 Å². The summed E-state index contributed by atoms with van der Waals surface area (Å²) in [6.07, 6.45) is 87.0. The zero-order valence-electron chi connectivity index (χ0n) is 56.3. The van der Waals surface area contributed by atoms with Gasteiger partial charge in [-0.2, -0.15) is 0 Å². The maximum Gasteiger partial charge on any atom is 0.306 e. The molecule has 0 aromatic rings. The number of quaternary nitrogens is 1. The van der Waals surface area contributed by atoms with E-state index in [2.05, 4.69) is 105 Å². The lowest BCUT2D eigenvalue weighted by Crippen LogP contribution is -2.47. The van der Waals surface area contributed by atoms with E-state index in [1.54, 1.807) is 0 Å². The van der Waals surface area contributed by atoms with Gasteiger partial charge in [0.25, 0.3) is 7.82 Å². The second-order valence-corrected chi connectivity index (χ2v) is 26.4. The molecular formula is C75H135N2O7P. The molecule has 0 bridgehead atoms. The van der Waals surface area contributed by atoms with Gasteiger partial charge in [-0.25, -0.2) is 0 Å². The van der Waals surface area contributed by atoms with Gasteiger partial charge in [0.1, 0.15) is 19.3 Å². The minimum absolute atomic E-state index is 0.0387. The Morgan fingerprint density at radius 2 is 0.765 bits per heavy atom. The number of hydrogen-bond acceptors (Lipinski definition) is 7. The van der Waals surface area contributed by atoms with Crippen LogP contribution in [0.15, 0.2) is 97.2 Å². The second-order valence-electron chi connectivity index (χ2n) is 25.0. The topological polar surface area (TPSA) is 114 Å². The molecule has 0 saturated heterocycles. The summed E-state index contributed by atoms with van der Waals surface area (Å²) in [7, 11) is 1.14. The van der Waals surface area contributed by atoms with Crippen LogP contribution in [0.5, 0.6) is 0 Å². The van der Waals surface area contributed by atoms with E-state index in [0.29, 0.717) is 17.4 Å². The molecule has 3 atom stereocenters. The summed E-state index contributed by atoms with van der Waals surface area (Å²) in [4.78, 5) is 40.1. The van der Waals surface area contributed by atoms with E-state index in [9.17, 15) is 19.0 Å². The summed E-state index contributed by atoms with van der Waals surface area (Å²) in [5.74, 6) is -0.632. The van der Waals surface area contributed by atoms with Crippen LogP contribution in [0, 0.1) is 0 Å². The van der Waals surface area contributed by atoms with Crippen LogP contribution in [0.25, 0.3) is 0 Å². The summed E-state index contributed by atoms with van der Waals surface area (Å²) >= 11 is 0. The Morgan fingerprint density at radius 1 is 0.424 bits per heavy atom. The van der Waals surface area contributed by atoms with E-state index in [1.807, 2.05) is 39.4 Å². The molecule has 0 saturated carbocycles. The highest BCUT2D eigenvalue weighted by Crippen LogP contribution is 2.38. The third-order valence-corrected chi connectivity index (χ3v) is 16.5. The van der Waals surface area contributed by atoms with Crippen molar-refractivity contribution < 1.29 is 37.3 Å². The number of nitrogens with one attached hydrogen (secondary N) is 1. The molecule has 10 heteroatoms. The minimum atomic E-state index is -4.73. The molecule has 0 heterocycles. The number of phosphoric ester groups is 1. The molecule has 1 N–H and O–H groups in total. The molecule has 0 aromatic heterocycles. The van der Waals surface area contributed by atoms with Crippen molar-refractivity contribution in [3.63, 3.8) is 0 Å². The molecule has 0 fully saturated rings. The minimum Gasteiger partial charge on any atom is -0.756 e. The molecule has 3 unspecified atom stereocenters. The normalized spacial score (nSPS) is 14.1. The van der Waals surface area contributed by atoms with E-state index in [0.717, 1.165) is 77.0 Å². The molecule has 0 aromatic carbocycles. The average Bonchev–Trinajstić information content (AvgIpc) is 3.50. The lowest BCUT2D eigenvalue weighted by atomic mass is 10.0. The molecule has 0 aliphatic heterocycles. The Balaban J connectivity index is 5.14. The van der Waals surface area contributed by atoms with E-state index >= 15 is 0 Å². The predicted molar refractivity (Wildman–Crippen MR) is 367 cm³/mol. The zero-order valence-corrected chi connectivity index (χ0v) is 57.2. The van der Waals surface area contributed by atoms with Gasteiger partial charge in [-0.1, -0.05) is 305 Å². The standard InChI is InChI=1S/C75H135N2O7P/c1-7-10-13-16-19-22-25-28-30-32-34-35-36-37-38-39-40-41-43-45-47-50-53-56-59-62-65-68-75(79)84-73(66-63-60-57-54-51-48-27-24-21-18-15-12-9-3)72(71-83-85(80,81)82-70-69-77(4,5)6)76-74(78)67-64-61-58-55-52-49-46-44-42-33-31-29-26-23-20-17-14-11-8-2/h11,14,20,23,28-31,42,44,49,52,58,61,63,66,72-73H,7-10,12-13,15-19,21-22,24-27,32-41,43,45-48,50-51,53-57,59-60,62,64-65,67-71H2,1-6H3,(H-,76,78,80,81)/b14-11-,23-20-,30-28+,31-29-,44-42-,52-49-,61-58-,66-63-. The third-order valence-electron chi connectivity index (χ3n) is 15.5. The number of hydrogen-bond donors (Lipinski definition) is 1. The van der Waals surface area contributed by atoms with Crippen molar-refractivity contribution >= 4 is 19.7 Å². The SMILES string of the molecule is CC/C=C\C/C=C\C/C=C\C/C=C\C/C=C\C/C=C\CCC(=O)NC(COP(=O)([O-])OCC[N+](C)(C)C)C(/C=C\CCCCCCCCCCCCC)OC(=O)CCCCCCCCCCCCCCCCCCC/C=C/CCCCCCCC. The molecule has 0 spiro atoms. The van der Waals surface area contributed by atoms with Crippen LogP contribution in [-0.4, -0.2) is 69.4 Å². The molecule has 0 radical (unpaired) electrons. The molecule has 0 aliphatic rings. The number of esters is 1. The Hall–Kier alpha value is -3.07. The highest BCUT2D eigenvalue weighted by Gasteiger charge is 2.27. The fourth-order valence-electron chi connectivity index (χ4n) is 10.1. The van der Waals surface area contributed by atoms with Crippen LogP contribution in [0.1, 0.15) is 316 Å². The number of carbonyl (C=O) groups excluding carboxylic acids is 2. The quantitative estimate of drug-likeness (QED) is 0.0212. The molecule has 0 rings (SSSR count). The molecule has 492 valence electrons. The van der Waals surface area contributed by atoms with Crippen LogP contribution in [-0.2, 0) is 27.9 Å². The van der Waals surface area contributed by atoms with Gasteiger partial charge in [0.2, 0.25) is 5.91 Å². The second kappa shape index (κ2) is 63.9. The maximum absolute atomic E-state index is 13.5. The van der Waals surface area contributed by atoms with E-state index in [1.165, 1.54) is 199 Å². The summed E-state index contributed by atoms with van der Waals surface area (Å²) in [6.45, 7) is 6.69. The first-order valence-corrected chi connectivity index (χ1v) is 37.0. The van der Waals surface area contributed by atoms with Gasteiger partial charge in [-0.15, -0.1) is 0 Å².